The fraction of sp³-hybridized carbons (Fsp3) is 1.00. The van der Waals surface area contributed by atoms with E-state index in [-0.39, 0.29) is 0 Å². The van der Waals surface area contributed by atoms with E-state index in [4.69, 9.17) is 19.3 Å². The summed E-state index contributed by atoms with van der Waals surface area (Å²) in [5.41, 5.74) is 5.36. The molecule has 0 amide bonds. The van der Waals surface area contributed by atoms with Crippen LogP contribution in [0.2, 0.25) is 0 Å². The van der Waals surface area contributed by atoms with E-state index in [1.807, 2.05) is 0 Å². The second kappa shape index (κ2) is 11.1. The number of hydrogen-bond acceptors (Lipinski definition) is 6. The fourth-order valence-electron chi connectivity index (χ4n) is 1.15. The highest BCUT2D eigenvalue weighted by Crippen LogP contribution is 2.49. The first kappa shape index (κ1) is 17.0. The Kier molecular flexibility index (Phi) is 11.2. The highest BCUT2D eigenvalue weighted by molar-refractivity contribution is 7.48. The van der Waals surface area contributed by atoms with Crippen LogP contribution in [0, 0.1) is 0 Å². The van der Waals surface area contributed by atoms with Crippen molar-refractivity contribution in [2.45, 2.75) is 26.7 Å². The van der Waals surface area contributed by atoms with Gasteiger partial charge in [0.15, 0.2) is 0 Å². The molecule has 0 aliphatic rings. The van der Waals surface area contributed by atoms with E-state index in [1.54, 1.807) is 13.8 Å². The zero-order valence-corrected chi connectivity index (χ0v) is 11.7. The summed E-state index contributed by atoms with van der Waals surface area (Å²) in [6.45, 7) is 6.87. The maximum Gasteiger partial charge on any atom is 0.474 e. The van der Waals surface area contributed by atoms with E-state index < -0.39 is 7.82 Å². The molecule has 0 aromatic rings. The molecule has 0 spiro atoms. The van der Waals surface area contributed by atoms with E-state index >= 15 is 0 Å². The van der Waals surface area contributed by atoms with Crippen LogP contribution in [0.3, 0.4) is 0 Å². The minimum absolute atomic E-state index is 0.312. The first-order valence-electron chi connectivity index (χ1n) is 6.13. The Morgan fingerprint density at radius 1 is 1.06 bits per heavy atom. The number of nitrogens with one attached hydrogen (secondary N) is 1. The first-order valence-corrected chi connectivity index (χ1v) is 7.59. The molecule has 17 heavy (non-hydrogen) atoms. The molecule has 7 heteroatoms. The lowest BCUT2D eigenvalue weighted by Crippen LogP contribution is -2.20. The molecule has 0 saturated carbocycles. The van der Waals surface area contributed by atoms with Crippen molar-refractivity contribution in [3.8, 4) is 0 Å². The highest BCUT2D eigenvalue weighted by Gasteiger charge is 2.24. The molecular weight excluding hydrogens is 243 g/mol. The molecule has 0 rings (SSSR count). The molecule has 0 radical (unpaired) electrons. The van der Waals surface area contributed by atoms with E-state index in [2.05, 4.69) is 5.32 Å². The Morgan fingerprint density at radius 3 is 2.18 bits per heavy atom. The van der Waals surface area contributed by atoms with Crippen molar-refractivity contribution in [1.82, 2.24) is 5.32 Å². The maximum atomic E-state index is 11.8. The smallest absolute Gasteiger partial charge is 0.330 e. The Morgan fingerprint density at radius 2 is 1.65 bits per heavy atom. The number of phosphoric ester groups is 1. The zero-order chi connectivity index (χ0) is 13.0. The van der Waals surface area contributed by atoms with Gasteiger partial charge in [-0.15, -0.1) is 0 Å². The quantitative estimate of drug-likeness (QED) is 0.412. The van der Waals surface area contributed by atoms with Crippen LogP contribution in [0.5, 0.6) is 0 Å². The zero-order valence-electron chi connectivity index (χ0n) is 10.8. The normalized spacial score (nSPS) is 11.9. The molecule has 6 nitrogen and oxygen atoms in total. The molecule has 0 saturated heterocycles. The van der Waals surface area contributed by atoms with E-state index in [1.165, 1.54) is 0 Å². The van der Waals surface area contributed by atoms with E-state index in [9.17, 15) is 4.57 Å². The van der Waals surface area contributed by atoms with Gasteiger partial charge in [0.05, 0.1) is 19.8 Å². The Balaban J connectivity index is 3.58. The number of hydrogen-bond donors (Lipinski definition) is 2. The molecular formula is C10H25N2O4P. The lowest BCUT2D eigenvalue weighted by atomic mass is 10.4. The highest BCUT2D eigenvalue weighted by atomic mass is 31.2. The SMILES string of the molecule is CCOP(=O)(OCC)OCCCNCCCN. The molecule has 0 aromatic heterocycles. The summed E-state index contributed by atoms with van der Waals surface area (Å²) in [6, 6.07) is 0. The van der Waals surface area contributed by atoms with Gasteiger partial charge in [-0.25, -0.2) is 4.57 Å². The average Bonchev–Trinajstić information content (AvgIpc) is 2.28. The summed E-state index contributed by atoms with van der Waals surface area (Å²) >= 11 is 0. The van der Waals surface area contributed by atoms with Crippen molar-refractivity contribution < 1.29 is 18.1 Å². The molecule has 0 aliphatic heterocycles. The molecule has 0 aliphatic carbocycles. The predicted octanol–water partition coefficient (Wildman–Crippen LogP) is 1.51. The maximum absolute atomic E-state index is 11.8. The Hall–Kier alpha value is 0.0300. The predicted molar refractivity (Wildman–Crippen MR) is 68.0 cm³/mol. The second-order valence-electron chi connectivity index (χ2n) is 3.36. The van der Waals surface area contributed by atoms with Crippen molar-refractivity contribution >= 4 is 7.82 Å². The lowest BCUT2D eigenvalue weighted by Gasteiger charge is -2.16. The summed E-state index contributed by atoms with van der Waals surface area (Å²) in [6.07, 6.45) is 1.71. The molecule has 0 bridgehead atoms. The van der Waals surface area contributed by atoms with Crippen molar-refractivity contribution in [3.05, 3.63) is 0 Å². The van der Waals surface area contributed by atoms with Gasteiger partial charge in [-0.3, -0.25) is 13.6 Å². The van der Waals surface area contributed by atoms with Crippen LogP contribution in [0.1, 0.15) is 26.7 Å². The molecule has 0 heterocycles. The van der Waals surface area contributed by atoms with Gasteiger partial charge in [0.25, 0.3) is 0 Å². The molecule has 0 unspecified atom stereocenters. The van der Waals surface area contributed by atoms with Crippen molar-refractivity contribution in [3.63, 3.8) is 0 Å². The average molecular weight is 268 g/mol. The lowest BCUT2D eigenvalue weighted by molar-refractivity contribution is 0.120. The van der Waals surface area contributed by atoms with Crippen LogP contribution in [0.4, 0.5) is 0 Å². The van der Waals surface area contributed by atoms with E-state index in [0.29, 0.717) is 26.4 Å². The van der Waals surface area contributed by atoms with Crippen LogP contribution >= 0.6 is 7.82 Å². The van der Waals surface area contributed by atoms with Gasteiger partial charge in [0.1, 0.15) is 0 Å². The first-order chi connectivity index (χ1) is 8.18. The van der Waals surface area contributed by atoms with Crippen LogP contribution < -0.4 is 11.1 Å². The summed E-state index contributed by atoms with van der Waals surface area (Å²) in [5.74, 6) is 0. The van der Waals surface area contributed by atoms with Crippen molar-refractivity contribution in [2.24, 2.45) is 5.73 Å². The number of phosphoric acid groups is 1. The standard InChI is InChI=1S/C10H25N2O4P/c1-3-14-17(13,15-4-2)16-10-6-9-12-8-5-7-11/h12H,3-11H2,1-2H3. The van der Waals surface area contributed by atoms with Gasteiger partial charge < -0.3 is 11.1 Å². The summed E-state index contributed by atoms with van der Waals surface area (Å²) in [4.78, 5) is 0. The van der Waals surface area contributed by atoms with Gasteiger partial charge >= 0.3 is 7.82 Å². The van der Waals surface area contributed by atoms with Gasteiger partial charge in [0.2, 0.25) is 0 Å². The minimum Gasteiger partial charge on any atom is -0.330 e. The van der Waals surface area contributed by atoms with Gasteiger partial charge in [-0.1, -0.05) is 0 Å². The summed E-state index contributed by atoms with van der Waals surface area (Å²) < 4.78 is 27.0. The Bertz CT molecular complexity index is 206. The Labute approximate surface area is 104 Å². The molecule has 104 valence electrons. The van der Waals surface area contributed by atoms with Crippen molar-refractivity contribution in [1.29, 1.82) is 0 Å². The van der Waals surface area contributed by atoms with Crippen LogP contribution in [0.15, 0.2) is 0 Å². The monoisotopic (exact) mass is 268 g/mol. The molecule has 0 aromatic carbocycles. The third-order valence-corrected chi connectivity index (χ3v) is 3.53. The minimum atomic E-state index is -3.33. The number of nitrogens with two attached hydrogens (primary N) is 1. The van der Waals surface area contributed by atoms with Gasteiger partial charge in [-0.2, -0.15) is 0 Å². The topological polar surface area (TPSA) is 82.8 Å². The number of rotatable bonds is 12. The molecule has 3 N–H and O–H groups in total. The van der Waals surface area contributed by atoms with Gasteiger partial charge in [0, 0.05) is 0 Å². The van der Waals surface area contributed by atoms with Gasteiger partial charge in [-0.05, 0) is 46.3 Å². The van der Waals surface area contributed by atoms with Crippen LogP contribution in [-0.4, -0.2) is 39.5 Å². The van der Waals surface area contributed by atoms with Crippen molar-refractivity contribution in [2.75, 3.05) is 39.5 Å². The van der Waals surface area contributed by atoms with E-state index in [0.717, 1.165) is 25.9 Å². The summed E-state index contributed by atoms with van der Waals surface area (Å²) in [5, 5.41) is 3.21. The molecule has 0 atom stereocenters. The third-order valence-electron chi connectivity index (χ3n) is 1.88. The second-order valence-corrected chi connectivity index (χ2v) is 5.03. The fourth-order valence-corrected chi connectivity index (χ4v) is 2.36. The molecule has 0 fully saturated rings. The largest absolute Gasteiger partial charge is 0.474 e. The van der Waals surface area contributed by atoms with Crippen LogP contribution in [0.25, 0.3) is 0 Å². The third kappa shape index (κ3) is 9.71. The summed E-state index contributed by atoms with van der Waals surface area (Å²) in [7, 11) is -3.33. The van der Waals surface area contributed by atoms with Crippen LogP contribution in [-0.2, 0) is 18.1 Å².